The smallest absolute Gasteiger partial charge is 0.124 e. The Morgan fingerprint density at radius 1 is 1.39 bits per heavy atom. The Morgan fingerprint density at radius 3 is 2.89 bits per heavy atom. The SMILES string of the molecule is Cc1ccc(OCC2CC2)c(C2(C)CCCN2)c1. The summed E-state index contributed by atoms with van der Waals surface area (Å²) in [5, 5.41) is 3.64. The first-order valence-electron chi connectivity index (χ1n) is 7.16. The Morgan fingerprint density at radius 2 is 2.22 bits per heavy atom. The van der Waals surface area contributed by atoms with E-state index in [2.05, 4.69) is 37.4 Å². The van der Waals surface area contributed by atoms with Gasteiger partial charge < -0.3 is 10.1 Å². The lowest BCUT2D eigenvalue weighted by Gasteiger charge is -2.28. The maximum Gasteiger partial charge on any atom is 0.124 e. The molecule has 3 rings (SSSR count). The van der Waals surface area contributed by atoms with Crippen molar-refractivity contribution in [2.75, 3.05) is 13.2 Å². The standard InChI is InChI=1S/C16H23NO/c1-12-4-7-15(18-11-13-5-6-13)14(10-12)16(2)8-3-9-17-16/h4,7,10,13,17H,3,5-6,8-9,11H2,1-2H3. The summed E-state index contributed by atoms with van der Waals surface area (Å²) in [6.07, 6.45) is 5.15. The van der Waals surface area contributed by atoms with Crippen LogP contribution in [-0.4, -0.2) is 13.2 Å². The molecule has 1 saturated carbocycles. The molecule has 1 heterocycles. The highest BCUT2D eigenvalue weighted by molar-refractivity contribution is 5.42. The molecule has 0 amide bonds. The van der Waals surface area contributed by atoms with Gasteiger partial charge in [-0.15, -0.1) is 0 Å². The maximum absolute atomic E-state index is 6.05. The van der Waals surface area contributed by atoms with Gasteiger partial charge in [-0.3, -0.25) is 0 Å². The first-order chi connectivity index (χ1) is 8.67. The molecule has 2 heteroatoms. The molecule has 1 atom stereocenters. The van der Waals surface area contributed by atoms with Crippen molar-refractivity contribution in [3.8, 4) is 5.75 Å². The van der Waals surface area contributed by atoms with Crippen LogP contribution >= 0.6 is 0 Å². The van der Waals surface area contributed by atoms with Crippen LogP contribution in [-0.2, 0) is 5.54 Å². The molecular weight excluding hydrogens is 222 g/mol. The molecule has 1 aromatic rings. The molecule has 1 aliphatic carbocycles. The molecule has 1 unspecified atom stereocenters. The summed E-state index contributed by atoms with van der Waals surface area (Å²) >= 11 is 0. The normalized spacial score (nSPS) is 27.4. The Labute approximate surface area is 110 Å². The number of rotatable bonds is 4. The highest BCUT2D eigenvalue weighted by atomic mass is 16.5. The van der Waals surface area contributed by atoms with E-state index in [0.717, 1.165) is 24.8 Å². The summed E-state index contributed by atoms with van der Waals surface area (Å²) < 4.78 is 6.05. The zero-order valence-electron chi connectivity index (χ0n) is 11.5. The van der Waals surface area contributed by atoms with Crippen LogP contribution in [0.5, 0.6) is 5.75 Å². The van der Waals surface area contributed by atoms with Gasteiger partial charge >= 0.3 is 0 Å². The second kappa shape index (κ2) is 4.58. The Balaban J connectivity index is 1.86. The first kappa shape index (κ1) is 12.0. The van der Waals surface area contributed by atoms with Gasteiger partial charge in [0.25, 0.3) is 0 Å². The van der Waals surface area contributed by atoms with E-state index in [-0.39, 0.29) is 5.54 Å². The number of nitrogens with one attached hydrogen (secondary N) is 1. The van der Waals surface area contributed by atoms with E-state index in [1.54, 1.807) is 0 Å². The number of benzene rings is 1. The maximum atomic E-state index is 6.05. The molecule has 1 saturated heterocycles. The van der Waals surface area contributed by atoms with Crippen LogP contribution in [0.2, 0.25) is 0 Å². The van der Waals surface area contributed by atoms with E-state index in [0.29, 0.717) is 0 Å². The quantitative estimate of drug-likeness (QED) is 0.878. The second-order valence-electron chi connectivity index (χ2n) is 6.12. The molecule has 0 bridgehead atoms. The Bertz CT molecular complexity index is 431. The van der Waals surface area contributed by atoms with Gasteiger partial charge in [0, 0.05) is 11.1 Å². The number of ether oxygens (including phenoxy) is 1. The summed E-state index contributed by atoms with van der Waals surface area (Å²) in [5.41, 5.74) is 2.77. The van der Waals surface area contributed by atoms with Crippen LogP contribution in [0.1, 0.15) is 43.7 Å². The van der Waals surface area contributed by atoms with Gasteiger partial charge in [0.1, 0.15) is 5.75 Å². The van der Waals surface area contributed by atoms with Crippen molar-refractivity contribution in [3.05, 3.63) is 29.3 Å². The monoisotopic (exact) mass is 245 g/mol. The molecule has 98 valence electrons. The molecule has 0 aromatic heterocycles. The predicted molar refractivity (Wildman–Crippen MR) is 74.0 cm³/mol. The van der Waals surface area contributed by atoms with Crippen LogP contribution in [0, 0.1) is 12.8 Å². The van der Waals surface area contributed by atoms with E-state index in [4.69, 9.17) is 4.74 Å². The van der Waals surface area contributed by atoms with Crippen molar-refractivity contribution < 1.29 is 4.74 Å². The van der Waals surface area contributed by atoms with Gasteiger partial charge in [-0.05, 0) is 58.1 Å². The average molecular weight is 245 g/mol. The largest absolute Gasteiger partial charge is 0.493 e. The third kappa shape index (κ3) is 2.39. The van der Waals surface area contributed by atoms with Gasteiger partial charge in [0.15, 0.2) is 0 Å². The predicted octanol–water partition coefficient (Wildman–Crippen LogP) is 3.38. The molecule has 1 aromatic carbocycles. The molecule has 18 heavy (non-hydrogen) atoms. The minimum Gasteiger partial charge on any atom is -0.493 e. The molecule has 0 spiro atoms. The number of hydrogen-bond acceptors (Lipinski definition) is 2. The average Bonchev–Trinajstić information content (AvgIpc) is 3.09. The Hall–Kier alpha value is -1.02. The number of hydrogen-bond donors (Lipinski definition) is 1. The van der Waals surface area contributed by atoms with E-state index in [9.17, 15) is 0 Å². The van der Waals surface area contributed by atoms with E-state index in [1.165, 1.54) is 36.8 Å². The number of aryl methyl sites for hydroxylation is 1. The van der Waals surface area contributed by atoms with Gasteiger partial charge in [-0.2, -0.15) is 0 Å². The zero-order chi connectivity index (χ0) is 12.6. The Kier molecular flexibility index (Phi) is 3.06. The van der Waals surface area contributed by atoms with Gasteiger partial charge in [0.05, 0.1) is 6.61 Å². The van der Waals surface area contributed by atoms with Crippen molar-refractivity contribution in [1.82, 2.24) is 5.32 Å². The van der Waals surface area contributed by atoms with Crippen molar-refractivity contribution in [1.29, 1.82) is 0 Å². The van der Waals surface area contributed by atoms with E-state index >= 15 is 0 Å². The first-order valence-corrected chi connectivity index (χ1v) is 7.16. The van der Waals surface area contributed by atoms with Gasteiger partial charge in [-0.1, -0.05) is 17.7 Å². The lowest BCUT2D eigenvalue weighted by atomic mass is 9.89. The molecule has 1 N–H and O–H groups in total. The summed E-state index contributed by atoms with van der Waals surface area (Å²) in [6, 6.07) is 6.60. The fraction of sp³-hybridized carbons (Fsp3) is 0.625. The lowest BCUT2D eigenvalue weighted by molar-refractivity contribution is 0.286. The fourth-order valence-electron chi connectivity index (χ4n) is 2.82. The van der Waals surface area contributed by atoms with E-state index < -0.39 is 0 Å². The molecule has 2 fully saturated rings. The van der Waals surface area contributed by atoms with Crippen LogP contribution in [0.15, 0.2) is 18.2 Å². The minimum absolute atomic E-state index is 0.102. The van der Waals surface area contributed by atoms with Crippen LogP contribution in [0.4, 0.5) is 0 Å². The van der Waals surface area contributed by atoms with Crippen molar-refractivity contribution >= 4 is 0 Å². The highest BCUT2D eigenvalue weighted by Gasteiger charge is 2.33. The summed E-state index contributed by atoms with van der Waals surface area (Å²) in [6.45, 7) is 6.48. The fourth-order valence-corrected chi connectivity index (χ4v) is 2.82. The zero-order valence-corrected chi connectivity index (χ0v) is 11.5. The molecule has 2 nitrogen and oxygen atoms in total. The molecule has 1 aliphatic heterocycles. The summed E-state index contributed by atoms with van der Waals surface area (Å²) in [7, 11) is 0. The lowest BCUT2D eigenvalue weighted by Crippen LogP contribution is -2.33. The van der Waals surface area contributed by atoms with Gasteiger partial charge in [-0.25, -0.2) is 0 Å². The van der Waals surface area contributed by atoms with Crippen molar-refractivity contribution in [3.63, 3.8) is 0 Å². The molecule has 0 radical (unpaired) electrons. The van der Waals surface area contributed by atoms with Crippen LogP contribution < -0.4 is 10.1 Å². The van der Waals surface area contributed by atoms with E-state index in [1.807, 2.05) is 0 Å². The van der Waals surface area contributed by atoms with Gasteiger partial charge in [0.2, 0.25) is 0 Å². The van der Waals surface area contributed by atoms with Crippen molar-refractivity contribution in [2.45, 2.75) is 45.1 Å². The summed E-state index contributed by atoms with van der Waals surface area (Å²) in [4.78, 5) is 0. The molecular formula is C16H23NO. The summed E-state index contributed by atoms with van der Waals surface area (Å²) in [5.74, 6) is 1.90. The van der Waals surface area contributed by atoms with Crippen LogP contribution in [0.25, 0.3) is 0 Å². The topological polar surface area (TPSA) is 21.3 Å². The van der Waals surface area contributed by atoms with Crippen LogP contribution in [0.3, 0.4) is 0 Å². The minimum atomic E-state index is 0.102. The van der Waals surface area contributed by atoms with Crippen molar-refractivity contribution in [2.24, 2.45) is 5.92 Å². The highest BCUT2D eigenvalue weighted by Crippen LogP contribution is 2.38. The molecule has 2 aliphatic rings. The third-order valence-electron chi connectivity index (χ3n) is 4.27. The third-order valence-corrected chi connectivity index (χ3v) is 4.27. The second-order valence-corrected chi connectivity index (χ2v) is 6.12.